The molecule has 0 radical (unpaired) electrons. The van der Waals surface area contributed by atoms with Gasteiger partial charge in [0.25, 0.3) is 0 Å². The standard InChI is InChI=1S/C19H13ClN2S/c1-13-6-8-14(9-7-13)18-12-23-19(22-18)16(11-21)10-15-4-2-3-5-17(15)20/h2-10,12H,1H3. The number of hydrogen-bond acceptors (Lipinski definition) is 3. The summed E-state index contributed by atoms with van der Waals surface area (Å²) in [6.07, 6.45) is 1.78. The maximum atomic E-state index is 9.45. The van der Waals surface area contributed by atoms with Crippen LogP contribution in [0.15, 0.2) is 53.9 Å². The summed E-state index contributed by atoms with van der Waals surface area (Å²) in [7, 11) is 0. The highest BCUT2D eigenvalue weighted by molar-refractivity contribution is 7.11. The molecule has 3 rings (SSSR count). The van der Waals surface area contributed by atoms with Gasteiger partial charge in [-0.1, -0.05) is 59.6 Å². The monoisotopic (exact) mass is 336 g/mol. The van der Waals surface area contributed by atoms with Crippen molar-refractivity contribution in [2.24, 2.45) is 0 Å². The normalized spacial score (nSPS) is 11.3. The number of hydrogen-bond donors (Lipinski definition) is 0. The molecule has 0 spiro atoms. The number of aryl methyl sites for hydroxylation is 1. The molecule has 0 aliphatic heterocycles. The molecular weight excluding hydrogens is 324 g/mol. The fourth-order valence-electron chi connectivity index (χ4n) is 2.14. The van der Waals surface area contributed by atoms with Crippen LogP contribution in [0.3, 0.4) is 0 Å². The van der Waals surface area contributed by atoms with E-state index in [9.17, 15) is 5.26 Å². The van der Waals surface area contributed by atoms with Crippen LogP contribution in [0.2, 0.25) is 5.02 Å². The zero-order chi connectivity index (χ0) is 16.2. The minimum Gasteiger partial charge on any atom is -0.235 e. The van der Waals surface area contributed by atoms with E-state index in [0.717, 1.165) is 16.8 Å². The average molecular weight is 337 g/mol. The molecule has 0 saturated heterocycles. The van der Waals surface area contributed by atoms with Gasteiger partial charge < -0.3 is 0 Å². The second-order valence-corrected chi connectivity index (χ2v) is 6.36. The quantitative estimate of drug-likeness (QED) is 0.564. The van der Waals surface area contributed by atoms with E-state index in [1.807, 2.05) is 41.8 Å². The Morgan fingerprint density at radius 1 is 1.17 bits per heavy atom. The van der Waals surface area contributed by atoms with Crippen LogP contribution in [0, 0.1) is 18.3 Å². The summed E-state index contributed by atoms with van der Waals surface area (Å²) in [6, 6.07) is 17.9. The van der Waals surface area contributed by atoms with Gasteiger partial charge in [0.15, 0.2) is 0 Å². The van der Waals surface area contributed by atoms with E-state index in [0.29, 0.717) is 15.6 Å². The van der Waals surface area contributed by atoms with Crippen molar-refractivity contribution in [3.8, 4) is 17.3 Å². The van der Waals surface area contributed by atoms with Crippen molar-refractivity contribution in [2.75, 3.05) is 0 Å². The van der Waals surface area contributed by atoms with Gasteiger partial charge in [-0.2, -0.15) is 5.26 Å². The first-order chi connectivity index (χ1) is 11.2. The summed E-state index contributed by atoms with van der Waals surface area (Å²) < 4.78 is 0. The Morgan fingerprint density at radius 3 is 2.61 bits per heavy atom. The molecule has 0 bridgehead atoms. The largest absolute Gasteiger partial charge is 0.235 e. The van der Waals surface area contributed by atoms with Crippen LogP contribution in [0.4, 0.5) is 0 Å². The third-order valence-electron chi connectivity index (χ3n) is 3.41. The highest BCUT2D eigenvalue weighted by Gasteiger charge is 2.09. The second kappa shape index (κ2) is 6.78. The minimum absolute atomic E-state index is 0.515. The molecule has 1 heterocycles. The lowest BCUT2D eigenvalue weighted by Gasteiger charge is -1.99. The molecule has 0 saturated carbocycles. The fraction of sp³-hybridized carbons (Fsp3) is 0.0526. The molecule has 112 valence electrons. The molecule has 0 fully saturated rings. The van der Waals surface area contributed by atoms with Crippen molar-refractivity contribution in [1.82, 2.24) is 4.98 Å². The number of nitrogens with zero attached hydrogens (tertiary/aromatic N) is 2. The van der Waals surface area contributed by atoms with Gasteiger partial charge >= 0.3 is 0 Å². The van der Waals surface area contributed by atoms with Gasteiger partial charge in [0.05, 0.1) is 11.3 Å². The molecule has 0 N–H and O–H groups in total. The van der Waals surface area contributed by atoms with Crippen LogP contribution < -0.4 is 0 Å². The lowest BCUT2D eigenvalue weighted by molar-refractivity contribution is 1.36. The molecule has 0 atom stereocenters. The third-order valence-corrected chi connectivity index (χ3v) is 4.63. The second-order valence-electron chi connectivity index (χ2n) is 5.10. The Bertz CT molecular complexity index is 902. The van der Waals surface area contributed by atoms with Gasteiger partial charge in [-0.05, 0) is 24.6 Å². The number of nitriles is 1. The SMILES string of the molecule is Cc1ccc(-c2csc(C(C#N)=Cc3ccccc3Cl)n2)cc1. The Morgan fingerprint density at radius 2 is 1.91 bits per heavy atom. The van der Waals surface area contributed by atoms with E-state index in [1.165, 1.54) is 16.9 Å². The molecular formula is C19H13ClN2S. The highest BCUT2D eigenvalue weighted by Crippen LogP contribution is 2.28. The Hall–Kier alpha value is -2.41. The van der Waals surface area contributed by atoms with E-state index < -0.39 is 0 Å². The molecule has 0 unspecified atom stereocenters. The topological polar surface area (TPSA) is 36.7 Å². The fourth-order valence-corrected chi connectivity index (χ4v) is 3.13. The van der Waals surface area contributed by atoms with Gasteiger partial charge in [0.2, 0.25) is 0 Å². The summed E-state index contributed by atoms with van der Waals surface area (Å²) >= 11 is 7.62. The Kier molecular flexibility index (Phi) is 4.57. The number of benzene rings is 2. The Labute approximate surface area is 144 Å². The molecule has 0 aliphatic carbocycles. The minimum atomic E-state index is 0.515. The van der Waals surface area contributed by atoms with Crippen LogP contribution in [-0.2, 0) is 0 Å². The van der Waals surface area contributed by atoms with Gasteiger partial charge in [0.1, 0.15) is 11.1 Å². The summed E-state index contributed by atoms with van der Waals surface area (Å²) in [5, 5.41) is 12.7. The smallest absolute Gasteiger partial charge is 0.134 e. The number of allylic oxidation sites excluding steroid dienone is 1. The van der Waals surface area contributed by atoms with Crippen molar-refractivity contribution >= 4 is 34.6 Å². The van der Waals surface area contributed by atoms with Crippen LogP contribution >= 0.6 is 22.9 Å². The summed E-state index contributed by atoms with van der Waals surface area (Å²) in [5.74, 6) is 0. The summed E-state index contributed by atoms with van der Waals surface area (Å²) in [5.41, 5.74) is 4.47. The molecule has 3 aromatic rings. The Balaban J connectivity index is 1.96. The van der Waals surface area contributed by atoms with Gasteiger partial charge in [-0.15, -0.1) is 11.3 Å². The van der Waals surface area contributed by atoms with Gasteiger partial charge in [0, 0.05) is 16.0 Å². The van der Waals surface area contributed by atoms with E-state index in [4.69, 9.17) is 11.6 Å². The average Bonchev–Trinajstić information content (AvgIpc) is 3.04. The lowest BCUT2D eigenvalue weighted by atomic mass is 10.1. The van der Waals surface area contributed by atoms with E-state index in [1.54, 1.807) is 6.08 Å². The van der Waals surface area contributed by atoms with E-state index >= 15 is 0 Å². The maximum absolute atomic E-state index is 9.45. The molecule has 0 amide bonds. The van der Waals surface area contributed by atoms with Crippen molar-refractivity contribution in [1.29, 1.82) is 5.26 Å². The number of rotatable bonds is 3. The first-order valence-electron chi connectivity index (χ1n) is 7.06. The first kappa shape index (κ1) is 15.5. The zero-order valence-electron chi connectivity index (χ0n) is 12.5. The first-order valence-corrected chi connectivity index (χ1v) is 8.32. The lowest BCUT2D eigenvalue weighted by Crippen LogP contribution is -1.84. The van der Waals surface area contributed by atoms with Crippen LogP contribution in [-0.4, -0.2) is 4.98 Å². The maximum Gasteiger partial charge on any atom is 0.134 e. The van der Waals surface area contributed by atoms with E-state index in [2.05, 4.69) is 30.1 Å². The van der Waals surface area contributed by atoms with Crippen LogP contribution in [0.5, 0.6) is 0 Å². The molecule has 2 nitrogen and oxygen atoms in total. The van der Waals surface area contributed by atoms with Crippen molar-refractivity contribution < 1.29 is 0 Å². The summed E-state index contributed by atoms with van der Waals surface area (Å²) in [6.45, 7) is 2.05. The van der Waals surface area contributed by atoms with E-state index in [-0.39, 0.29) is 0 Å². The predicted molar refractivity (Wildman–Crippen MR) is 97.2 cm³/mol. The summed E-state index contributed by atoms with van der Waals surface area (Å²) in [4.78, 5) is 4.59. The van der Waals surface area contributed by atoms with Crippen LogP contribution in [0.1, 0.15) is 16.1 Å². The molecule has 0 aliphatic rings. The van der Waals surface area contributed by atoms with Gasteiger partial charge in [-0.25, -0.2) is 4.98 Å². The third kappa shape index (κ3) is 3.50. The number of halogens is 1. The van der Waals surface area contributed by atoms with Crippen molar-refractivity contribution in [3.05, 3.63) is 75.1 Å². The zero-order valence-corrected chi connectivity index (χ0v) is 14.0. The molecule has 23 heavy (non-hydrogen) atoms. The molecule has 2 aromatic carbocycles. The van der Waals surface area contributed by atoms with Crippen LogP contribution in [0.25, 0.3) is 22.9 Å². The van der Waals surface area contributed by atoms with Crippen molar-refractivity contribution in [2.45, 2.75) is 6.92 Å². The molecule has 4 heteroatoms. The predicted octanol–water partition coefficient (Wildman–Crippen LogP) is 5.84. The van der Waals surface area contributed by atoms with Gasteiger partial charge in [-0.3, -0.25) is 0 Å². The molecule has 1 aromatic heterocycles. The number of aromatic nitrogens is 1. The van der Waals surface area contributed by atoms with Crippen molar-refractivity contribution in [3.63, 3.8) is 0 Å². The highest BCUT2D eigenvalue weighted by atomic mass is 35.5. The number of thiazole rings is 1.